The molecule has 0 saturated carbocycles. The van der Waals surface area contributed by atoms with Crippen LogP contribution in [0.5, 0.6) is 0 Å². The Morgan fingerprint density at radius 1 is 1.17 bits per heavy atom. The van der Waals surface area contributed by atoms with Crippen LogP contribution in [0.3, 0.4) is 0 Å². The lowest BCUT2D eigenvalue weighted by Gasteiger charge is -2.05. The fourth-order valence-electron chi connectivity index (χ4n) is 1.43. The van der Waals surface area contributed by atoms with Gasteiger partial charge in [0.2, 0.25) is 0 Å². The van der Waals surface area contributed by atoms with Crippen molar-refractivity contribution in [3.05, 3.63) is 0 Å². The van der Waals surface area contributed by atoms with Crippen molar-refractivity contribution in [2.45, 2.75) is 43.8 Å². The van der Waals surface area contributed by atoms with E-state index in [9.17, 15) is 0 Å². The highest BCUT2D eigenvalue weighted by Crippen LogP contribution is 2.39. The molecule has 1 aliphatic rings. The summed E-state index contributed by atoms with van der Waals surface area (Å²) in [7, 11) is 4.15. The molecule has 1 heterocycles. The molecule has 1 fully saturated rings. The van der Waals surface area contributed by atoms with Crippen molar-refractivity contribution in [2.75, 3.05) is 12.3 Å². The molecule has 3 heteroatoms. The Morgan fingerprint density at radius 2 is 2.00 bits per heavy atom. The standard InChI is InChI=1S/C9H19NS2/c10-7-4-2-1-3-5-9-6-8-11-12-9/h9H,1-8,10H2. The zero-order valence-electron chi connectivity index (χ0n) is 7.63. The molecule has 1 atom stereocenters. The SMILES string of the molecule is NCCCCCCC1CCSS1. The Balaban J connectivity index is 1.81. The predicted octanol–water partition coefficient (Wildman–Crippen LogP) is 3.05. The molecule has 0 aromatic heterocycles. The van der Waals surface area contributed by atoms with Crippen LogP contribution < -0.4 is 5.73 Å². The molecular weight excluding hydrogens is 186 g/mol. The molecule has 2 N–H and O–H groups in total. The second kappa shape index (κ2) is 7.10. The van der Waals surface area contributed by atoms with E-state index in [0.29, 0.717) is 0 Å². The molecule has 72 valence electrons. The second-order valence-corrected chi connectivity index (χ2v) is 6.11. The normalized spacial score (nSPS) is 23.2. The highest BCUT2D eigenvalue weighted by Gasteiger charge is 2.15. The summed E-state index contributed by atoms with van der Waals surface area (Å²) in [5, 5.41) is 0.966. The van der Waals surface area contributed by atoms with E-state index in [-0.39, 0.29) is 0 Å². The maximum absolute atomic E-state index is 5.43. The number of unbranched alkanes of at least 4 members (excludes halogenated alkanes) is 3. The van der Waals surface area contributed by atoms with Crippen LogP contribution in [-0.2, 0) is 0 Å². The van der Waals surface area contributed by atoms with Crippen LogP contribution in [-0.4, -0.2) is 17.5 Å². The van der Waals surface area contributed by atoms with Gasteiger partial charge in [0.1, 0.15) is 0 Å². The van der Waals surface area contributed by atoms with Gasteiger partial charge >= 0.3 is 0 Å². The molecule has 12 heavy (non-hydrogen) atoms. The van der Waals surface area contributed by atoms with E-state index in [1.54, 1.807) is 0 Å². The van der Waals surface area contributed by atoms with Gasteiger partial charge in [0.15, 0.2) is 0 Å². The van der Waals surface area contributed by atoms with Gasteiger partial charge in [-0.25, -0.2) is 0 Å². The Kier molecular flexibility index (Phi) is 6.35. The van der Waals surface area contributed by atoms with Gasteiger partial charge in [-0.1, -0.05) is 40.9 Å². The maximum atomic E-state index is 5.43. The lowest BCUT2D eigenvalue weighted by atomic mass is 10.1. The van der Waals surface area contributed by atoms with Gasteiger partial charge in [0.25, 0.3) is 0 Å². The maximum Gasteiger partial charge on any atom is 0.0159 e. The zero-order valence-corrected chi connectivity index (χ0v) is 9.26. The van der Waals surface area contributed by atoms with E-state index in [4.69, 9.17) is 5.73 Å². The van der Waals surface area contributed by atoms with E-state index < -0.39 is 0 Å². The van der Waals surface area contributed by atoms with Gasteiger partial charge in [0, 0.05) is 11.0 Å². The average Bonchev–Trinajstić information content (AvgIpc) is 2.57. The van der Waals surface area contributed by atoms with Gasteiger partial charge in [-0.3, -0.25) is 0 Å². The van der Waals surface area contributed by atoms with Crippen molar-refractivity contribution in [1.29, 1.82) is 0 Å². The largest absolute Gasteiger partial charge is 0.330 e. The first kappa shape index (κ1) is 10.7. The van der Waals surface area contributed by atoms with Crippen LogP contribution >= 0.6 is 21.6 Å². The van der Waals surface area contributed by atoms with E-state index in [1.807, 2.05) is 10.8 Å². The summed E-state index contributed by atoms with van der Waals surface area (Å²) < 4.78 is 0. The minimum absolute atomic E-state index is 0.869. The van der Waals surface area contributed by atoms with E-state index in [1.165, 1.54) is 44.3 Å². The fourth-order valence-corrected chi connectivity index (χ4v) is 4.46. The topological polar surface area (TPSA) is 26.0 Å². The lowest BCUT2D eigenvalue weighted by molar-refractivity contribution is 0.604. The first-order chi connectivity index (χ1) is 5.93. The molecule has 0 amide bonds. The summed E-state index contributed by atoms with van der Waals surface area (Å²) in [6.45, 7) is 0.869. The molecule has 0 radical (unpaired) electrons. The van der Waals surface area contributed by atoms with Crippen molar-refractivity contribution < 1.29 is 0 Å². The highest BCUT2D eigenvalue weighted by molar-refractivity contribution is 8.77. The fraction of sp³-hybridized carbons (Fsp3) is 1.00. The molecule has 0 aromatic rings. The number of rotatable bonds is 6. The first-order valence-corrected chi connectivity index (χ1v) is 7.30. The third-order valence-corrected chi connectivity index (χ3v) is 5.21. The van der Waals surface area contributed by atoms with Crippen LogP contribution in [0, 0.1) is 0 Å². The van der Waals surface area contributed by atoms with Crippen LogP contribution in [0.15, 0.2) is 0 Å². The Hall–Kier alpha value is 0.660. The van der Waals surface area contributed by atoms with E-state index >= 15 is 0 Å². The smallest absolute Gasteiger partial charge is 0.0159 e. The lowest BCUT2D eigenvalue weighted by Crippen LogP contribution is -1.99. The Morgan fingerprint density at radius 3 is 2.67 bits per heavy atom. The van der Waals surface area contributed by atoms with Gasteiger partial charge in [-0.05, 0) is 25.8 Å². The van der Waals surface area contributed by atoms with Gasteiger partial charge in [-0.2, -0.15) is 0 Å². The quantitative estimate of drug-likeness (QED) is 0.533. The summed E-state index contributed by atoms with van der Waals surface area (Å²) >= 11 is 0. The third kappa shape index (κ3) is 4.63. The minimum Gasteiger partial charge on any atom is -0.330 e. The van der Waals surface area contributed by atoms with Crippen molar-refractivity contribution >= 4 is 21.6 Å². The molecule has 0 aliphatic carbocycles. The molecule has 0 aromatic carbocycles. The zero-order chi connectivity index (χ0) is 8.65. The summed E-state index contributed by atoms with van der Waals surface area (Å²) in [5.41, 5.74) is 5.43. The molecule has 1 rings (SSSR count). The number of nitrogens with two attached hydrogens (primary N) is 1. The van der Waals surface area contributed by atoms with Crippen LogP contribution in [0.25, 0.3) is 0 Å². The molecule has 0 bridgehead atoms. The van der Waals surface area contributed by atoms with Gasteiger partial charge < -0.3 is 5.73 Å². The predicted molar refractivity (Wildman–Crippen MR) is 60.6 cm³/mol. The van der Waals surface area contributed by atoms with Gasteiger partial charge in [-0.15, -0.1) is 0 Å². The first-order valence-electron chi connectivity index (χ1n) is 4.92. The summed E-state index contributed by atoms with van der Waals surface area (Å²) in [5.74, 6) is 1.37. The molecule has 1 unspecified atom stereocenters. The van der Waals surface area contributed by atoms with Gasteiger partial charge in [0.05, 0.1) is 0 Å². The molecule has 1 nitrogen and oxygen atoms in total. The van der Waals surface area contributed by atoms with Crippen molar-refractivity contribution in [1.82, 2.24) is 0 Å². The number of hydrogen-bond acceptors (Lipinski definition) is 3. The average molecular weight is 205 g/mol. The summed E-state index contributed by atoms with van der Waals surface area (Å²) in [6.07, 6.45) is 8.22. The Labute approximate surface area is 83.6 Å². The van der Waals surface area contributed by atoms with E-state index in [0.717, 1.165) is 11.8 Å². The molecule has 1 aliphatic heterocycles. The van der Waals surface area contributed by atoms with Crippen LogP contribution in [0.4, 0.5) is 0 Å². The summed E-state index contributed by atoms with van der Waals surface area (Å²) in [4.78, 5) is 0. The summed E-state index contributed by atoms with van der Waals surface area (Å²) in [6, 6.07) is 0. The van der Waals surface area contributed by atoms with Crippen LogP contribution in [0.1, 0.15) is 38.5 Å². The third-order valence-electron chi connectivity index (χ3n) is 2.21. The molecular formula is C9H19NS2. The van der Waals surface area contributed by atoms with Crippen molar-refractivity contribution in [2.24, 2.45) is 5.73 Å². The minimum atomic E-state index is 0.869. The van der Waals surface area contributed by atoms with Crippen LogP contribution in [0.2, 0.25) is 0 Å². The highest BCUT2D eigenvalue weighted by atomic mass is 33.1. The van der Waals surface area contributed by atoms with E-state index in [2.05, 4.69) is 10.8 Å². The van der Waals surface area contributed by atoms with Crippen molar-refractivity contribution in [3.8, 4) is 0 Å². The monoisotopic (exact) mass is 205 g/mol. The second-order valence-electron chi connectivity index (χ2n) is 3.32. The Bertz CT molecular complexity index is 103. The van der Waals surface area contributed by atoms with Crippen molar-refractivity contribution in [3.63, 3.8) is 0 Å². The molecule has 1 saturated heterocycles. The number of hydrogen-bond donors (Lipinski definition) is 1. The molecule has 0 spiro atoms.